The Kier molecular flexibility index (Phi) is 14.1. The number of unbranched alkanes of at least 4 members (excludes halogenated alkanes) is 4. The van der Waals surface area contributed by atoms with E-state index < -0.39 is 12.1 Å². The van der Waals surface area contributed by atoms with Crippen LogP contribution in [0.2, 0.25) is 0 Å². The van der Waals surface area contributed by atoms with E-state index in [4.69, 9.17) is 17.0 Å². The average molecular weight is 478 g/mol. The molecular weight excluding hydrogens is 434 g/mol. The lowest BCUT2D eigenvalue weighted by atomic mass is 9.83. The molecule has 0 aliphatic rings. The van der Waals surface area contributed by atoms with Gasteiger partial charge in [0.2, 0.25) is 5.91 Å². The van der Waals surface area contributed by atoms with Crippen LogP contribution < -0.4 is 5.32 Å². The molecule has 1 rings (SSSR count). The molecule has 0 radical (unpaired) electrons. The Labute approximate surface area is 205 Å². The van der Waals surface area contributed by atoms with Gasteiger partial charge in [0.25, 0.3) is 0 Å². The second-order valence-electron chi connectivity index (χ2n) is 9.50. The summed E-state index contributed by atoms with van der Waals surface area (Å²) in [6.07, 6.45) is 7.67. The number of hydrogen-bond acceptors (Lipinski definition) is 5. The average Bonchev–Trinajstić information content (AvgIpc) is 2.77. The van der Waals surface area contributed by atoms with Crippen molar-refractivity contribution in [3.8, 4) is 0 Å². The van der Waals surface area contributed by atoms with Gasteiger partial charge in [-0.1, -0.05) is 83.8 Å². The van der Waals surface area contributed by atoms with Gasteiger partial charge in [-0.05, 0) is 49.7 Å². The van der Waals surface area contributed by atoms with Crippen LogP contribution in [0.3, 0.4) is 0 Å². The lowest BCUT2D eigenvalue weighted by Crippen LogP contribution is -2.27. The monoisotopic (exact) mass is 477 g/mol. The number of ether oxygens (including phenoxy) is 1. The van der Waals surface area contributed by atoms with E-state index in [1.54, 1.807) is 12.1 Å². The Bertz CT molecular complexity index is 720. The molecule has 186 valence electrons. The number of aliphatic hydroxyl groups excluding tert-OH is 1. The molecule has 0 aliphatic carbocycles. The van der Waals surface area contributed by atoms with Crippen LogP contribution in [-0.2, 0) is 14.3 Å². The van der Waals surface area contributed by atoms with E-state index in [2.05, 4.69) is 33.0 Å². The summed E-state index contributed by atoms with van der Waals surface area (Å²) in [4.78, 5) is 25.5. The summed E-state index contributed by atoms with van der Waals surface area (Å²) < 4.78 is 5.67. The van der Waals surface area contributed by atoms with Crippen LogP contribution in [0.25, 0.3) is 0 Å². The van der Waals surface area contributed by atoms with Crippen molar-refractivity contribution in [2.75, 3.05) is 5.32 Å². The first-order valence-electron chi connectivity index (χ1n) is 12.4. The van der Waals surface area contributed by atoms with Gasteiger partial charge in [0.05, 0.1) is 6.10 Å². The highest BCUT2D eigenvalue weighted by Gasteiger charge is 2.24. The first kappa shape index (κ1) is 29.2. The van der Waals surface area contributed by atoms with Crippen molar-refractivity contribution >= 4 is 34.6 Å². The largest absolute Gasteiger partial charge is 0.462 e. The molecule has 0 aliphatic heterocycles. The first-order valence-corrected chi connectivity index (χ1v) is 12.8. The fourth-order valence-electron chi connectivity index (χ4n) is 3.49. The summed E-state index contributed by atoms with van der Waals surface area (Å²) in [5.41, 5.74) is 0.574. The standard InChI is InChI=1S/C27H43NO4S/c1-5-7-8-9-13-16-23(18-17-22(29)19-24(33)27(3,4)6-2)32-26(31)20-25(30)28-21-14-11-10-12-15-21/h10-12,14-15,22-23,29H,5-9,13,16-20H2,1-4H3,(H,28,30). The first-order chi connectivity index (χ1) is 15.7. The minimum atomic E-state index is -0.550. The molecule has 0 fully saturated rings. The molecule has 0 bridgehead atoms. The van der Waals surface area contributed by atoms with Gasteiger partial charge in [-0.2, -0.15) is 0 Å². The molecule has 0 saturated carbocycles. The fourth-order valence-corrected chi connectivity index (χ4v) is 3.83. The van der Waals surface area contributed by atoms with Crippen LogP contribution in [0.5, 0.6) is 0 Å². The van der Waals surface area contributed by atoms with E-state index in [1.165, 1.54) is 19.3 Å². The number of aliphatic hydroxyl groups is 1. The predicted molar refractivity (Wildman–Crippen MR) is 139 cm³/mol. The molecule has 0 aromatic heterocycles. The van der Waals surface area contributed by atoms with E-state index >= 15 is 0 Å². The summed E-state index contributed by atoms with van der Waals surface area (Å²) in [6, 6.07) is 9.05. The molecule has 2 N–H and O–H groups in total. The van der Waals surface area contributed by atoms with E-state index in [9.17, 15) is 14.7 Å². The third-order valence-corrected chi connectivity index (χ3v) is 6.89. The third-order valence-electron chi connectivity index (χ3n) is 6.17. The number of benzene rings is 1. The van der Waals surface area contributed by atoms with Gasteiger partial charge in [-0.25, -0.2) is 0 Å². The Morgan fingerprint density at radius 3 is 2.33 bits per heavy atom. The van der Waals surface area contributed by atoms with Crippen LogP contribution in [0.4, 0.5) is 5.69 Å². The molecule has 0 spiro atoms. The lowest BCUT2D eigenvalue weighted by molar-refractivity contribution is -0.151. The predicted octanol–water partition coefficient (Wildman–Crippen LogP) is 6.62. The Morgan fingerprint density at radius 2 is 1.70 bits per heavy atom. The number of anilines is 1. The maximum atomic E-state index is 12.4. The van der Waals surface area contributed by atoms with Crippen LogP contribution in [0.15, 0.2) is 30.3 Å². The number of amides is 1. The summed E-state index contributed by atoms with van der Waals surface area (Å²) in [7, 11) is 0. The van der Waals surface area contributed by atoms with Crippen molar-refractivity contribution in [1.29, 1.82) is 0 Å². The number of para-hydroxylation sites is 1. The van der Waals surface area contributed by atoms with Crippen molar-refractivity contribution < 1.29 is 19.4 Å². The van der Waals surface area contributed by atoms with E-state index in [0.717, 1.165) is 30.5 Å². The van der Waals surface area contributed by atoms with E-state index in [0.29, 0.717) is 24.9 Å². The maximum Gasteiger partial charge on any atom is 0.315 e. The Hall–Kier alpha value is -1.79. The third kappa shape index (κ3) is 12.9. The minimum Gasteiger partial charge on any atom is -0.462 e. The highest BCUT2D eigenvalue weighted by Crippen LogP contribution is 2.26. The van der Waals surface area contributed by atoms with Crippen LogP contribution >= 0.6 is 12.2 Å². The van der Waals surface area contributed by atoms with Crippen molar-refractivity contribution in [3.05, 3.63) is 30.3 Å². The normalized spacial score (nSPS) is 13.2. The van der Waals surface area contributed by atoms with Crippen LogP contribution in [-0.4, -0.2) is 34.1 Å². The lowest BCUT2D eigenvalue weighted by Gasteiger charge is -2.26. The van der Waals surface area contributed by atoms with Crippen LogP contribution in [0, 0.1) is 5.41 Å². The summed E-state index contributed by atoms with van der Waals surface area (Å²) >= 11 is 5.54. The molecule has 0 saturated heterocycles. The second kappa shape index (κ2) is 15.9. The number of thiocarbonyl (C=S) groups is 1. The minimum absolute atomic E-state index is 0.0758. The quantitative estimate of drug-likeness (QED) is 0.114. The molecule has 33 heavy (non-hydrogen) atoms. The van der Waals surface area contributed by atoms with Crippen LogP contribution in [0.1, 0.15) is 98.3 Å². The van der Waals surface area contributed by atoms with E-state index in [1.807, 2.05) is 18.2 Å². The highest BCUT2D eigenvalue weighted by molar-refractivity contribution is 7.80. The Morgan fingerprint density at radius 1 is 1.03 bits per heavy atom. The van der Waals surface area contributed by atoms with Crippen molar-refractivity contribution in [3.63, 3.8) is 0 Å². The fraction of sp³-hybridized carbons (Fsp3) is 0.667. The highest BCUT2D eigenvalue weighted by atomic mass is 32.1. The van der Waals surface area contributed by atoms with Gasteiger partial charge in [0.15, 0.2) is 0 Å². The molecule has 5 nitrogen and oxygen atoms in total. The number of esters is 1. The zero-order valence-electron chi connectivity index (χ0n) is 20.9. The number of rotatable bonds is 17. The van der Waals surface area contributed by atoms with Gasteiger partial charge in [0.1, 0.15) is 12.5 Å². The van der Waals surface area contributed by atoms with Gasteiger partial charge < -0.3 is 15.2 Å². The molecular formula is C27H43NO4S. The number of hydrogen-bond donors (Lipinski definition) is 2. The smallest absolute Gasteiger partial charge is 0.315 e. The number of nitrogens with one attached hydrogen (secondary N) is 1. The van der Waals surface area contributed by atoms with E-state index in [-0.39, 0.29) is 23.8 Å². The van der Waals surface area contributed by atoms with Crippen molar-refractivity contribution in [1.82, 2.24) is 0 Å². The van der Waals surface area contributed by atoms with Crippen molar-refractivity contribution in [2.24, 2.45) is 5.41 Å². The number of carbonyl (C=O) groups excluding carboxylic acids is 2. The molecule has 2 unspecified atom stereocenters. The zero-order valence-corrected chi connectivity index (χ0v) is 21.7. The molecule has 1 aromatic rings. The maximum absolute atomic E-state index is 12.4. The molecule has 6 heteroatoms. The second-order valence-corrected chi connectivity index (χ2v) is 9.99. The molecule has 1 amide bonds. The summed E-state index contributed by atoms with van der Waals surface area (Å²) in [5, 5.41) is 13.2. The molecule has 1 aromatic carbocycles. The van der Waals surface area contributed by atoms with Gasteiger partial charge in [-0.15, -0.1) is 0 Å². The van der Waals surface area contributed by atoms with Gasteiger partial charge in [-0.3, -0.25) is 9.59 Å². The summed E-state index contributed by atoms with van der Waals surface area (Å²) in [5.74, 6) is -0.917. The topological polar surface area (TPSA) is 75.6 Å². The number of carbonyl (C=O) groups is 2. The van der Waals surface area contributed by atoms with Gasteiger partial charge in [0, 0.05) is 17.0 Å². The van der Waals surface area contributed by atoms with Crippen molar-refractivity contribution in [2.45, 2.75) is 111 Å². The van der Waals surface area contributed by atoms with Gasteiger partial charge >= 0.3 is 5.97 Å². The Balaban J connectivity index is 2.56. The zero-order chi connectivity index (χ0) is 24.7. The molecule has 2 atom stereocenters. The SMILES string of the molecule is CCCCCCCC(CCC(O)CC(=S)C(C)(C)CC)OC(=O)CC(=O)Nc1ccccc1. The summed E-state index contributed by atoms with van der Waals surface area (Å²) in [6.45, 7) is 8.48. The molecule has 0 heterocycles.